The van der Waals surface area contributed by atoms with Crippen LogP contribution in [0, 0.1) is 13.8 Å². The summed E-state index contributed by atoms with van der Waals surface area (Å²) in [5.74, 6) is -0.910. The van der Waals surface area contributed by atoms with Crippen molar-refractivity contribution in [3.05, 3.63) is 52.9 Å². The third-order valence-electron chi connectivity index (χ3n) is 2.46. The van der Waals surface area contributed by atoms with Gasteiger partial charge in [0.05, 0.1) is 5.69 Å². The zero-order chi connectivity index (χ0) is 13.8. The van der Waals surface area contributed by atoms with Gasteiger partial charge in [-0.25, -0.2) is 0 Å². The molecule has 0 radical (unpaired) electrons. The first kappa shape index (κ1) is 12.8. The van der Waals surface area contributed by atoms with Gasteiger partial charge in [0.25, 0.3) is 5.91 Å². The molecule has 0 aliphatic carbocycles. The summed E-state index contributed by atoms with van der Waals surface area (Å²) in [4.78, 5) is 23.3. The molecule has 2 N–H and O–H groups in total. The first-order valence-electron chi connectivity index (χ1n) is 5.67. The third-order valence-corrected chi connectivity index (χ3v) is 2.46. The van der Waals surface area contributed by atoms with Crippen molar-refractivity contribution in [3.63, 3.8) is 0 Å². The number of nitrogens with zero attached hydrogens (tertiary/aromatic N) is 1. The fraction of sp³-hybridized carbons (Fsp3) is 0.154. The quantitative estimate of drug-likeness (QED) is 0.798. The zero-order valence-corrected chi connectivity index (χ0v) is 10.6. The number of aryl methyl sites for hydroxylation is 2. The Bertz CT molecular complexity index is 602. The SMILES string of the molecule is Cc1ccc(C(=O)NNC(=O)c2cc(C)no2)cc1. The highest BCUT2D eigenvalue weighted by Gasteiger charge is 2.12. The van der Waals surface area contributed by atoms with Crippen LogP contribution in [0.25, 0.3) is 0 Å². The molecule has 1 aromatic heterocycles. The summed E-state index contributed by atoms with van der Waals surface area (Å²) in [7, 11) is 0. The highest BCUT2D eigenvalue weighted by Crippen LogP contribution is 2.03. The summed E-state index contributed by atoms with van der Waals surface area (Å²) < 4.78 is 4.77. The predicted molar refractivity (Wildman–Crippen MR) is 67.4 cm³/mol. The van der Waals surface area contributed by atoms with Gasteiger partial charge in [-0.15, -0.1) is 0 Å². The molecule has 1 heterocycles. The minimum absolute atomic E-state index is 0.0432. The van der Waals surface area contributed by atoms with Crippen LogP contribution in [0.1, 0.15) is 32.2 Å². The van der Waals surface area contributed by atoms with E-state index in [9.17, 15) is 9.59 Å². The topological polar surface area (TPSA) is 84.2 Å². The van der Waals surface area contributed by atoms with E-state index < -0.39 is 11.8 Å². The minimum atomic E-state index is -0.555. The molecule has 2 aromatic rings. The van der Waals surface area contributed by atoms with Gasteiger partial charge in [-0.1, -0.05) is 22.9 Å². The van der Waals surface area contributed by atoms with Crippen molar-refractivity contribution in [2.75, 3.05) is 0 Å². The van der Waals surface area contributed by atoms with Gasteiger partial charge >= 0.3 is 5.91 Å². The summed E-state index contributed by atoms with van der Waals surface area (Å²) in [5, 5.41) is 3.58. The van der Waals surface area contributed by atoms with E-state index in [1.807, 2.05) is 19.1 Å². The molecule has 0 saturated carbocycles. The van der Waals surface area contributed by atoms with Gasteiger partial charge in [-0.2, -0.15) is 0 Å². The van der Waals surface area contributed by atoms with Crippen LogP contribution in [0.15, 0.2) is 34.9 Å². The minimum Gasteiger partial charge on any atom is -0.351 e. The van der Waals surface area contributed by atoms with Crippen LogP contribution >= 0.6 is 0 Å². The predicted octanol–water partition coefficient (Wildman–Crippen LogP) is 1.37. The molecule has 0 saturated heterocycles. The number of nitrogens with one attached hydrogen (secondary N) is 2. The average molecular weight is 259 g/mol. The summed E-state index contributed by atoms with van der Waals surface area (Å²) in [6, 6.07) is 8.46. The monoisotopic (exact) mass is 259 g/mol. The van der Waals surface area contributed by atoms with Crippen LogP contribution in [-0.2, 0) is 0 Å². The highest BCUT2D eigenvalue weighted by atomic mass is 16.5. The van der Waals surface area contributed by atoms with Gasteiger partial charge in [0.2, 0.25) is 5.76 Å². The van der Waals surface area contributed by atoms with Crippen molar-refractivity contribution < 1.29 is 14.1 Å². The maximum Gasteiger partial charge on any atom is 0.308 e. The second-order valence-electron chi connectivity index (χ2n) is 4.11. The summed E-state index contributed by atoms with van der Waals surface area (Å²) in [6.45, 7) is 3.63. The largest absolute Gasteiger partial charge is 0.351 e. The lowest BCUT2D eigenvalue weighted by atomic mass is 10.1. The molecule has 6 heteroatoms. The van der Waals surface area contributed by atoms with E-state index in [0.717, 1.165) is 5.56 Å². The van der Waals surface area contributed by atoms with Crippen molar-refractivity contribution in [2.45, 2.75) is 13.8 Å². The van der Waals surface area contributed by atoms with E-state index in [1.54, 1.807) is 19.1 Å². The second-order valence-corrected chi connectivity index (χ2v) is 4.11. The van der Waals surface area contributed by atoms with Crippen molar-refractivity contribution >= 4 is 11.8 Å². The van der Waals surface area contributed by atoms with Gasteiger partial charge in [-0.05, 0) is 26.0 Å². The molecule has 0 spiro atoms. The molecule has 0 unspecified atom stereocenters. The van der Waals surface area contributed by atoms with Crippen LogP contribution < -0.4 is 10.9 Å². The molecule has 19 heavy (non-hydrogen) atoms. The first-order valence-corrected chi connectivity index (χ1v) is 5.67. The van der Waals surface area contributed by atoms with Crippen LogP contribution in [0.5, 0.6) is 0 Å². The number of carbonyl (C=O) groups is 2. The normalized spacial score (nSPS) is 10.0. The zero-order valence-electron chi connectivity index (χ0n) is 10.6. The van der Waals surface area contributed by atoms with E-state index in [0.29, 0.717) is 11.3 Å². The smallest absolute Gasteiger partial charge is 0.308 e. The molecule has 0 fully saturated rings. The fourth-order valence-corrected chi connectivity index (χ4v) is 1.42. The maximum absolute atomic E-state index is 11.7. The standard InChI is InChI=1S/C13H13N3O3/c1-8-3-5-10(6-4-8)12(17)14-15-13(18)11-7-9(2)16-19-11/h3-7H,1-2H3,(H,14,17)(H,15,18). The van der Waals surface area contributed by atoms with Crippen LogP contribution in [0.3, 0.4) is 0 Å². The molecule has 0 aliphatic heterocycles. The van der Waals surface area contributed by atoms with Crippen molar-refractivity contribution in [1.82, 2.24) is 16.0 Å². The van der Waals surface area contributed by atoms with E-state index >= 15 is 0 Å². The molecule has 0 bridgehead atoms. The number of carbonyl (C=O) groups excluding carboxylic acids is 2. The number of amides is 2. The van der Waals surface area contributed by atoms with E-state index in [4.69, 9.17) is 4.52 Å². The summed E-state index contributed by atoms with van der Waals surface area (Å²) in [5.41, 5.74) is 6.66. The van der Waals surface area contributed by atoms with Crippen molar-refractivity contribution in [2.24, 2.45) is 0 Å². The number of hydrogen-bond donors (Lipinski definition) is 2. The van der Waals surface area contributed by atoms with E-state index in [2.05, 4.69) is 16.0 Å². The fourth-order valence-electron chi connectivity index (χ4n) is 1.42. The lowest BCUT2D eigenvalue weighted by molar-refractivity contribution is 0.0825. The van der Waals surface area contributed by atoms with Crippen LogP contribution in [0.2, 0.25) is 0 Å². The Balaban J connectivity index is 1.93. The number of hydrogen-bond acceptors (Lipinski definition) is 4. The van der Waals surface area contributed by atoms with Crippen LogP contribution in [-0.4, -0.2) is 17.0 Å². The van der Waals surface area contributed by atoms with Gasteiger partial charge in [0.1, 0.15) is 0 Å². The van der Waals surface area contributed by atoms with Gasteiger partial charge in [0, 0.05) is 11.6 Å². The van der Waals surface area contributed by atoms with E-state index in [1.165, 1.54) is 6.07 Å². The first-order chi connectivity index (χ1) is 9.06. The van der Waals surface area contributed by atoms with Gasteiger partial charge in [0.15, 0.2) is 0 Å². The van der Waals surface area contributed by atoms with Gasteiger partial charge < -0.3 is 4.52 Å². The Hall–Kier alpha value is -2.63. The number of rotatable bonds is 2. The molecule has 0 aliphatic rings. The van der Waals surface area contributed by atoms with Crippen LogP contribution in [0.4, 0.5) is 0 Å². The van der Waals surface area contributed by atoms with E-state index in [-0.39, 0.29) is 5.76 Å². The van der Waals surface area contributed by atoms with Gasteiger partial charge in [-0.3, -0.25) is 20.4 Å². The lowest BCUT2D eigenvalue weighted by Gasteiger charge is -2.05. The highest BCUT2D eigenvalue weighted by molar-refractivity contribution is 5.97. The molecule has 0 atom stereocenters. The number of aromatic nitrogens is 1. The average Bonchev–Trinajstić information content (AvgIpc) is 2.83. The molecule has 2 amide bonds. The Labute approximate surface area is 109 Å². The Morgan fingerprint density at radius 1 is 1.05 bits per heavy atom. The summed E-state index contributed by atoms with van der Waals surface area (Å²) >= 11 is 0. The Morgan fingerprint density at radius 2 is 1.68 bits per heavy atom. The molecular formula is C13H13N3O3. The second kappa shape index (κ2) is 5.34. The number of hydrazine groups is 1. The molecule has 6 nitrogen and oxygen atoms in total. The lowest BCUT2D eigenvalue weighted by Crippen LogP contribution is -2.41. The molecule has 2 rings (SSSR count). The third kappa shape index (κ3) is 3.19. The number of benzene rings is 1. The molecule has 1 aromatic carbocycles. The summed E-state index contributed by atoms with van der Waals surface area (Å²) in [6.07, 6.45) is 0. The van der Waals surface area contributed by atoms with Crippen molar-refractivity contribution in [1.29, 1.82) is 0 Å². The maximum atomic E-state index is 11.7. The van der Waals surface area contributed by atoms with Crippen molar-refractivity contribution in [3.8, 4) is 0 Å². The molecular weight excluding hydrogens is 246 g/mol. The Morgan fingerprint density at radius 3 is 2.26 bits per heavy atom. The molecule has 98 valence electrons. The Kier molecular flexibility index (Phi) is 3.61.